The number of ether oxygens (including phenoxy) is 3. The Morgan fingerprint density at radius 3 is 2.30 bits per heavy atom. The average molecular weight is 881 g/mol. The zero-order valence-corrected chi connectivity index (χ0v) is 25.1. The van der Waals surface area contributed by atoms with Crippen LogP contribution in [0.2, 0.25) is 0 Å². The van der Waals surface area contributed by atoms with Crippen molar-refractivity contribution in [2.75, 3.05) is 13.2 Å². The van der Waals surface area contributed by atoms with Crippen LogP contribution in [0.4, 0.5) is 14.5 Å². The number of carbonyl (C=O) groups is 3. The van der Waals surface area contributed by atoms with Crippen molar-refractivity contribution in [3.63, 3.8) is 0 Å². The second-order valence-corrected chi connectivity index (χ2v) is 11.8. The van der Waals surface area contributed by atoms with Gasteiger partial charge in [0, 0.05) is 22.8 Å². The fourth-order valence-electron chi connectivity index (χ4n) is 2.35. The third-order valence-corrected chi connectivity index (χ3v) is 8.67. The molecule has 0 spiro atoms. The number of hydrogen-bond acceptors (Lipinski definition) is 10. The minimum atomic E-state index is -5.80. The van der Waals surface area contributed by atoms with Crippen molar-refractivity contribution < 1.29 is 55.3 Å². The Bertz CT molecular complexity index is 1370. The molecule has 12 nitrogen and oxygen atoms in total. The molecule has 2 aromatic carbocycles. The van der Waals surface area contributed by atoms with Crippen LogP contribution in [0, 0.1) is 20.8 Å². The zero-order valence-electron chi connectivity index (χ0n) is 17.8. The molecule has 0 radical (unpaired) electrons. The van der Waals surface area contributed by atoms with Gasteiger partial charge < -0.3 is 14.2 Å². The molecule has 2 rings (SSSR count). The highest BCUT2D eigenvalue weighted by Crippen LogP contribution is 2.31. The maximum absolute atomic E-state index is 13.1. The maximum Gasteiger partial charge on any atom is 0.402 e. The molecule has 37 heavy (non-hydrogen) atoms. The molecule has 2 aromatic rings. The Hall–Kier alpha value is -1.79. The van der Waals surface area contributed by atoms with Gasteiger partial charge >= 0.3 is 39.0 Å². The van der Waals surface area contributed by atoms with Gasteiger partial charge in [0.05, 0.1) is 22.5 Å². The van der Waals surface area contributed by atoms with Crippen LogP contribution in [0.5, 0.6) is 5.75 Å². The first kappa shape index (κ1) is 31.4. The predicted octanol–water partition coefficient (Wildman–Crippen LogP) is 4.20. The molecule has 0 aliphatic carbocycles. The van der Waals surface area contributed by atoms with E-state index in [4.69, 9.17) is 14.0 Å². The van der Waals surface area contributed by atoms with Crippen molar-refractivity contribution in [2.45, 2.75) is 11.7 Å². The molecule has 0 aliphatic heterocycles. The number of alkyl halides is 2. The van der Waals surface area contributed by atoms with Crippen LogP contribution >= 0.6 is 67.8 Å². The number of benzene rings is 2. The summed E-state index contributed by atoms with van der Waals surface area (Å²) in [5.74, 6) is -3.95. The van der Waals surface area contributed by atoms with Gasteiger partial charge in [0.25, 0.3) is 0 Å². The first-order valence-corrected chi connectivity index (χ1v) is 14.0. The summed E-state index contributed by atoms with van der Waals surface area (Å²) in [4.78, 5) is 47.0. The summed E-state index contributed by atoms with van der Waals surface area (Å²) in [5, 5.41) is 6.65. The van der Waals surface area contributed by atoms with Gasteiger partial charge in [-0.05, 0) is 86.0 Å². The minimum absolute atomic E-state index is 0.136. The third kappa shape index (κ3) is 8.61. The third-order valence-electron chi connectivity index (χ3n) is 4.13. The smallest absolute Gasteiger partial charge is 0.402 e. The Morgan fingerprint density at radius 1 is 1.05 bits per heavy atom. The van der Waals surface area contributed by atoms with Crippen LogP contribution in [0.25, 0.3) is 0 Å². The predicted molar refractivity (Wildman–Crippen MR) is 145 cm³/mol. The lowest BCUT2D eigenvalue weighted by atomic mass is 10.2. The lowest BCUT2D eigenvalue weighted by Crippen LogP contribution is -2.34. The summed E-state index contributed by atoms with van der Waals surface area (Å²) < 4.78 is 71.5. The second-order valence-electron chi connectivity index (χ2n) is 6.74. The molecular weight excluding hydrogens is 869 g/mol. The van der Waals surface area contributed by atoms with E-state index >= 15 is 0 Å². The summed E-state index contributed by atoms with van der Waals surface area (Å²) >= 11 is 5.90. The van der Waals surface area contributed by atoms with Crippen LogP contribution in [0.1, 0.15) is 27.1 Å². The molecule has 0 aliphatic rings. The molecule has 0 fully saturated rings. The second kappa shape index (κ2) is 12.8. The highest BCUT2D eigenvalue weighted by Gasteiger charge is 2.45. The Balaban J connectivity index is 2.10. The number of rotatable bonds is 10. The van der Waals surface area contributed by atoms with Crippen LogP contribution in [-0.4, -0.2) is 54.3 Å². The largest absolute Gasteiger partial charge is 0.461 e. The number of hydrogen-bond donors (Lipinski definition) is 1. The highest BCUT2D eigenvalue weighted by molar-refractivity contribution is 14.1. The first-order chi connectivity index (χ1) is 17.0. The molecule has 0 saturated carbocycles. The fraction of sp³-hybridized carbons (Fsp3) is 0.211. The Morgan fingerprint density at radius 2 is 1.70 bits per heavy atom. The molecule has 0 aromatic heterocycles. The zero-order chi connectivity index (χ0) is 28.1. The van der Waals surface area contributed by atoms with E-state index in [0.717, 1.165) is 21.8 Å². The molecule has 18 heteroatoms. The maximum atomic E-state index is 13.1. The molecule has 0 atom stereocenters. The Kier molecular flexibility index (Phi) is 10.9. The van der Waals surface area contributed by atoms with E-state index in [1.54, 1.807) is 6.07 Å². The molecule has 0 unspecified atom stereocenters. The highest BCUT2D eigenvalue weighted by atomic mass is 127. The molecule has 0 amide bonds. The number of nitro groups is 1. The Labute approximate surface area is 247 Å². The van der Waals surface area contributed by atoms with Crippen molar-refractivity contribution in [3.05, 3.63) is 62.3 Å². The van der Waals surface area contributed by atoms with Crippen LogP contribution in [0.15, 0.2) is 30.3 Å². The van der Waals surface area contributed by atoms with Gasteiger partial charge in [0.1, 0.15) is 6.61 Å². The lowest BCUT2D eigenvalue weighted by molar-refractivity contribution is -0.385. The van der Waals surface area contributed by atoms with Crippen molar-refractivity contribution >= 4 is 101 Å². The number of carbonyl (C=O) groups excluding carboxylic acids is 3. The topological polar surface area (TPSA) is 176 Å². The van der Waals surface area contributed by atoms with Gasteiger partial charge in [-0.15, -0.1) is 0 Å². The van der Waals surface area contributed by atoms with Gasteiger partial charge in [-0.2, -0.15) is 17.2 Å². The van der Waals surface area contributed by atoms with Crippen molar-refractivity contribution in [3.8, 4) is 5.75 Å². The van der Waals surface area contributed by atoms with Crippen LogP contribution in [-0.2, 0) is 24.4 Å². The average Bonchev–Trinajstić information content (AvgIpc) is 2.79. The van der Waals surface area contributed by atoms with E-state index in [2.05, 4.69) is 4.74 Å². The number of nitro benzene ring substituents is 1. The minimum Gasteiger partial charge on any atom is -0.461 e. The van der Waals surface area contributed by atoms with E-state index in [-0.39, 0.29) is 11.1 Å². The fourth-order valence-corrected chi connectivity index (χ4v) is 4.94. The van der Waals surface area contributed by atoms with E-state index in [1.807, 2.05) is 67.8 Å². The number of esters is 3. The van der Waals surface area contributed by atoms with Crippen LogP contribution < -0.4 is 4.74 Å². The number of halogens is 5. The standard InChI is InChI=1S/C19H12F2I3NO11S/c20-19(21,37(31,32)33)8-35-15(26)3-4-34-17(27)9-1-2-13(25(29)30)14(5-9)36-18(28)11-6-10(22)7-12(23)16(11)24/h1-2,5-7H,3-4,8H2,(H,31,32,33). The van der Waals surface area contributed by atoms with Gasteiger partial charge in [-0.25, -0.2) is 9.59 Å². The van der Waals surface area contributed by atoms with Gasteiger partial charge in [-0.1, -0.05) is 0 Å². The van der Waals surface area contributed by atoms with Gasteiger partial charge in [0.15, 0.2) is 6.61 Å². The quantitative estimate of drug-likeness (QED) is 0.0689. The first-order valence-electron chi connectivity index (χ1n) is 9.36. The summed E-state index contributed by atoms with van der Waals surface area (Å²) in [6.07, 6.45) is -0.758. The molecule has 200 valence electrons. The summed E-state index contributed by atoms with van der Waals surface area (Å²) in [7, 11) is -5.80. The van der Waals surface area contributed by atoms with E-state index in [0.29, 0.717) is 7.14 Å². The van der Waals surface area contributed by atoms with Crippen molar-refractivity contribution in [1.29, 1.82) is 0 Å². The SMILES string of the molecule is O=C(CCOC(=O)c1ccc([N+](=O)[O-])c(OC(=O)c2cc(I)cc(I)c2I)c1)OCC(F)(F)S(=O)(=O)O. The summed E-state index contributed by atoms with van der Waals surface area (Å²) in [5.41, 5.74) is -0.785. The molecule has 1 N–H and O–H groups in total. The molecular formula is C19H12F2I3NO11S. The van der Waals surface area contributed by atoms with Crippen molar-refractivity contribution in [1.82, 2.24) is 0 Å². The molecule has 0 heterocycles. The van der Waals surface area contributed by atoms with E-state index in [9.17, 15) is 41.7 Å². The van der Waals surface area contributed by atoms with E-state index in [1.165, 1.54) is 6.07 Å². The molecule has 0 bridgehead atoms. The normalized spacial score (nSPS) is 11.5. The van der Waals surface area contributed by atoms with Gasteiger partial charge in [-0.3, -0.25) is 19.5 Å². The van der Waals surface area contributed by atoms with E-state index < -0.39 is 69.3 Å². The monoisotopic (exact) mass is 881 g/mol. The lowest BCUT2D eigenvalue weighted by Gasteiger charge is -2.13. The van der Waals surface area contributed by atoms with Crippen LogP contribution in [0.3, 0.4) is 0 Å². The molecule has 0 saturated heterocycles. The summed E-state index contributed by atoms with van der Waals surface area (Å²) in [6, 6.07) is 6.10. The van der Waals surface area contributed by atoms with Gasteiger partial charge in [0.2, 0.25) is 5.75 Å². The van der Waals surface area contributed by atoms with Crippen molar-refractivity contribution in [2.24, 2.45) is 0 Å². The number of nitrogens with zero attached hydrogens (tertiary/aromatic N) is 1. The summed E-state index contributed by atoms with van der Waals surface area (Å²) in [6.45, 7) is -2.64.